The molecule has 6 rings (SSSR count). The predicted octanol–water partition coefficient (Wildman–Crippen LogP) is 1.10. The maximum atomic E-state index is 15.9. The average molecular weight is 700 g/mol. The topological polar surface area (TPSA) is 220 Å². The minimum atomic E-state index is -4.40. The van der Waals surface area contributed by atoms with Gasteiger partial charge in [-0.3, -0.25) is 13.9 Å². The van der Waals surface area contributed by atoms with Gasteiger partial charge in [-0.2, -0.15) is 0 Å². The number of fused-ring (bicyclic) bond motifs is 6. The second-order valence-corrected chi connectivity index (χ2v) is 15.4. The van der Waals surface area contributed by atoms with E-state index in [4.69, 9.17) is 52.2 Å². The van der Waals surface area contributed by atoms with Gasteiger partial charge in [0.1, 0.15) is 43.4 Å². The molecule has 5 N–H and O–H groups in total. The van der Waals surface area contributed by atoms with Crippen LogP contribution in [0.1, 0.15) is 17.9 Å². The van der Waals surface area contributed by atoms with E-state index in [9.17, 15) is 14.6 Å². The van der Waals surface area contributed by atoms with Crippen LogP contribution in [0.5, 0.6) is 0 Å². The number of halogens is 3. The van der Waals surface area contributed by atoms with E-state index >= 15 is 13.2 Å². The largest absolute Gasteiger partial charge is 0.382 e. The lowest BCUT2D eigenvalue weighted by Crippen LogP contribution is -2.33. The Labute approximate surface area is 254 Å². The van der Waals surface area contributed by atoms with Gasteiger partial charge in [0.05, 0.1) is 19.5 Å². The second-order valence-electron chi connectivity index (χ2n) is 9.74. The van der Waals surface area contributed by atoms with E-state index in [1.165, 1.54) is 11.5 Å². The number of nitrogens with zero attached hydrogens (tertiary/aromatic N) is 7. The quantitative estimate of drug-likeness (QED) is 0.204. The van der Waals surface area contributed by atoms with E-state index in [-0.39, 0.29) is 39.8 Å². The van der Waals surface area contributed by atoms with Crippen LogP contribution in [0.2, 0.25) is 0 Å². The molecule has 238 valence electrons. The molecule has 0 amide bonds. The summed E-state index contributed by atoms with van der Waals surface area (Å²) in [7, 11) is 0. The number of imidazole rings is 2. The molecule has 4 aromatic rings. The zero-order valence-corrected chi connectivity index (χ0v) is 25.6. The highest BCUT2D eigenvalue weighted by atomic mass is 32.5. The molecule has 2 unspecified atom stereocenters. The van der Waals surface area contributed by atoms with Crippen molar-refractivity contribution < 1.29 is 45.8 Å². The van der Waals surface area contributed by atoms with Gasteiger partial charge in [0.15, 0.2) is 40.5 Å². The van der Waals surface area contributed by atoms with Gasteiger partial charge in [0.25, 0.3) is 11.5 Å². The van der Waals surface area contributed by atoms with Crippen LogP contribution in [0.3, 0.4) is 0 Å². The maximum Gasteiger partial charge on any atom is 0.325 e. The fourth-order valence-corrected chi connectivity index (χ4v) is 7.07. The van der Waals surface area contributed by atoms with Crippen molar-refractivity contribution >= 4 is 65.2 Å². The molecule has 0 spiro atoms. The van der Waals surface area contributed by atoms with Crippen LogP contribution in [0.4, 0.5) is 19.0 Å². The van der Waals surface area contributed by atoms with Crippen LogP contribution in [0.15, 0.2) is 17.4 Å². The molecule has 1 fully saturated rings. The molecule has 1 saturated heterocycles. The zero-order chi connectivity index (χ0) is 31.6. The van der Waals surface area contributed by atoms with E-state index in [2.05, 4.69) is 29.9 Å². The number of ether oxygens (including phenoxy) is 1. The summed E-state index contributed by atoms with van der Waals surface area (Å²) in [5.74, 6) is -3.84. The van der Waals surface area contributed by atoms with Crippen molar-refractivity contribution in [3.05, 3.63) is 34.7 Å². The number of nitrogen functional groups attached to an aromatic ring is 1. The molecule has 44 heavy (non-hydrogen) atoms. The number of rotatable bonds is 1. The maximum absolute atomic E-state index is 15.9. The molecule has 4 aromatic heterocycles. The molecular weight excluding hydrogens is 677 g/mol. The molecule has 17 nitrogen and oxygen atoms in total. The summed E-state index contributed by atoms with van der Waals surface area (Å²) in [5, 5.41) is 0. The Bertz CT molecular complexity index is 1910. The zero-order valence-electron chi connectivity index (χ0n) is 22.2. The summed E-state index contributed by atoms with van der Waals surface area (Å²) in [5.41, 5.74) is 4.99. The first-order valence-electron chi connectivity index (χ1n) is 12.5. The first kappa shape index (κ1) is 31.5. The van der Waals surface area contributed by atoms with E-state index < -0.39 is 75.9 Å². The third-order valence-electron chi connectivity index (χ3n) is 6.57. The lowest BCUT2D eigenvalue weighted by Gasteiger charge is -2.26. The number of alkyl halides is 3. The Balaban J connectivity index is 1.40. The van der Waals surface area contributed by atoms with Crippen LogP contribution in [0.25, 0.3) is 22.3 Å². The van der Waals surface area contributed by atoms with Crippen LogP contribution < -0.4 is 11.3 Å². The molecule has 2 aliphatic rings. The molecular formula is C20H22F3N9O8P2S2. The van der Waals surface area contributed by atoms with Crippen LogP contribution >= 0.6 is 13.4 Å². The van der Waals surface area contributed by atoms with Gasteiger partial charge in [-0.25, -0.2) is 38.1 Å². The van der Waals surface area contributed by atoms with Gasteiger partial charge in [0.2, 0.25) is 0 Å². The van der Waals surface area contributed by atoms with Crippen LogP contribution in [-0.2, 0) is 59.6 Å². The minimum absolute atomic E-state index is 0.0121. The van der Waals surface area contributed by atoms with Crippen molar-refractivity contribution in [1.82, 2.24) is 39.0 Å². The summed E-state index contributed by atoms with van der Waals surface area (Å²) >= 11 is 10.0. The number of nitrogens with one attached hydrogen (secondary N) is 1. The smallest absolute Gasteiger partial charge is 0.325 e. The van der Waals surface area contributed by atoms with Crippen molar-refractivity contribution in [2.45, 2.75) is 50.6 Å². The minimum Gasteiger partial charge on any atom is -0.382 e. The van der Waals surface area contributed by atoms with Crippen molar-refractivity contribution in [3.8, 4) is 0 Å². The fraction of sp³-hybridized carbons (Fsp3) is 0.500. The Morgan fingerprint density at radius 2 is 1.89 bits per heavy atom. The molecule has 0 aliphatic carbocycles. The third-order valence-corrected chi connectivity index (χ3v) is 9.67. The summed E-state index contributed by atoms with van der Waals surface area (Å²) in [6.45, 7) is -11.3. The Hall–Kier alpha value is -2.49. The summed E-state index contributed by atoms with van der Waals surface area (Å²) in [4.78, 5) is 56.5. The van der Waals surface area contributed by atoms with E-state index in [1.807, 2.05) is 0 Å². The molecule has 6 heterocycles. The SMILES string of the molecule is Cc1nc2c(ncn2[C@@H]2O[C@@H]3COP(O)(=S)OCC(F)(F)Cn4c(nc5c(N)ncnc54)COP(O)(=S)O[C@@H]2[C@@H]3F)c(=O)[nH]1. The number of H-pyrrole nitrogens is 1. The summed E-state index contributed by atoms with van der Waals surface area (Å²) < 4.78 is 75.1. The van der Waals surface area contributed by atoms with Gasteiger partial charge in [-0.1, -0.05) is 0 Å². The predicted molar refractivity (Wildman–Crippen MR) is 151 cm³/mol. The van der Waals surface area contributed by atoms with Gasteiger partial charge in [-0.05, 0) is 30.5 Å². The Morgan fingerprint density at radius 1 is 1.11 bits per heavy atom. The highest BCUT2D eigenvalue weighted by Gasteiger charge is 2.50. The van der Waals surface area contributed by atoms with Crippen LogP contribution in [-0.4, -0.2) is 86.3 Å². The lowest BCUT2D eigenvalue weighted by molar-refractivity contribution is -0.0643. The highest BCUT2D eigenvalue weighted by Crippen LogP contribution is 2.52. The third kappa shape index (κ3) is 6.16. The molecule has 2 bridgehead atoms. The number of aryl methyl sites for hydroxylation is 1. The van der Waals surface area contributed by atoms with Gasteiger partial charge in [0, 0.05) is 0 Å². The number of aromatic amines is 1. The lowest BCUT2D eigenvalue weighted by atomic mass is 10.1. The monoisotopic (exact) mass is 699 g/mol. The average Bonchev–Trinajstić information content (AvgIpc) is 3.60. The van der Waals surface area contributed by atoms with E-state index in [0.29, 0.717) is 0 Å². The molecule has 6 atom stereocenters. The van der Waals surface area contributed by atoms with Gasteiger partial charge < -0.3 is 43.4 Å². The standard InChI is InChI=1S/C20H22F3N9O8P2S2/c1-8-28-17-13(18(33)29-8)27-7-32(17)19-14-11(21)9(39-19)2-36-41(34,43)38-5-20(22,23)4-31-10(3-37-42(35,44)40-14)30-12-15(24)25-6-26-16(12)31/h6-7,9,11,14,19H,2-5H2,1H3,(H,34,43)(H,35,44)(H2,24,25,26)(H,28,29,33)/t9-,11-,14-,19-,41?,42?/m1/s1. The molecule has 0 radical (unpaired) electrons. The highest BCUT2D eigenvalue weighted by molar-refractivity contribution is 8.07. The number of aromatic nitrogens is 8. The molecule has 2 aliphatic heterocycles. The molecule has 0 aromatic carbocycles. The number of anilines is 1. The van der Waals surface area contributed by atoms with Gasteiger partial charge in [-0.15, -0.1) is 0 Å². The Kier molecular flexibility index (Phi) is 8.15. The number of hydrogen-bond acceptors (Lipinski definition) is 14. The fourth-order valence-electron chi connectivity index (χ4n) is 4.64. The summed E-state index contributed by atoms with van der Waals surface area (Å²) in [6, 6.07) is 0. The van der Waals surface area contributed by atoms with Crippen LogP contribution in [0, 0.1) is 6.92 Å². The Morgan fingerprint density at radius 3 is 2.66 bits per heavy atom. The second kappa shape index (κ2) is 11.4. The van der Waals surface area contributed by atoms with Crippen molar-refractivity contribution in [2.75, 3.05) is 18.9 Å². The van der Waals surface area contributed by atoms with E-state index in [0.717, 1.165) is 17.2 Å². The number of nitrogens with two attached hydrogens (primary N) is 1. The molecule has 0 saturated carbocycles. The normalized spacial score (nSPS) is 31.8. The van der Waals surface area contributed by atoms with E-state index in [1.54, 1.807) is 0 Å². The van der Waals surface area contributed by atoms with Crippen molar-refractivity contribution in [3.63, 3.8) is 0 Å². The van der Waals surface area contributed by atoms with Crippen molar-refractivity contribution in [2.24, 2.45) is 0 Å². The first-order chi connectivity index (χ1) is 20.6. The molecule has 24 heteroatoms. The van der Waals surface area contributed by atoms with Crippen molar-refractivity contribution in [1.29, 1.82) is 0 Å². The summed E-state index contributed by atoms with van der Waals surface area (Å²) in [6.07, 6.45) is -4.70. The van der Waals surface area contributed by atoms with Gasteiger partial charge >= 0.3 is 13.4 Å². The first-order valence-corrected chi connectivity index (χ1v) is 17.7. The number of hydrogen-bond donors (Lipinski definition) is 4.